The summed E-state index contributed by atoms with van der Waals surface area (Å²) >= 11 is 0. The van der Waals surface area contributed by atoms with E-state index in [4.69, 9.17) is 4.74 Å². The van der Waals surface area contributed by atoms with Gasteiger partial charge in [-0.2, -0.15) is 0 Å². The van der Waals surface area contributed by atoms with E-state index in [1.807, 2.05) is 18.9 Å². The second-order valence-corrected chi connectivity index (χ2v) is 5.57. The molecule has 0 aromatic rings. The highest BCUT2D eigenvalue weighted by Crippen LogP contribution is 2.22. The van der Waals surface area contributed by atoms with Gasteiger partial charge in [0.25, 0.3) is 0 Å². The van der Waals surface area contributed by atoms with E-state index in [-0.39, 0.29) is 11.9 Å². The summed E-state index contributed by atoms with van der Waals surface area (Å²) in [5.41, 5.74) is 0. The molecule has 1 heterocycles. The van der Waals surface area contributed by atoms with Crippen LogP contribution in [-0.2, 0) is 9.53 Å². The van der Waals surface area contributed by atoms with Crippen molar-refractivity contribution < 1.29 is 9.53 Å². The van der Waals surface area contributed by atoms with Gasteiger partial charge in [-0.3, -0.25) is 9.69 Å². The molecule has 0 aromatic heterocycles. The third-order valence-electron chi connectivity index (χ3n) is 4.42. The van der Waals surface area contributed by atoms with Gasteiger partial charge >= 0.3 is 0 Å². The Morgan fingerprint density at radius 3 is 2.44 bits per heavy atom. The maximum absolute atomic E-state index is 12.5. The van der Waals surface area contributed by atoms with Crippen LogP contribution in [0.4, 0.5) is 0 Å². The third kappa shape index (κ3) is 3.23. The molecular weight excluding hydrogens is 228 g/mol. The fraction of sp³-hybridized carbons (Fsp3) is 0.929. The number of carbonyl (C=O) groups is 1. The summed E-state index contributed by atoms with van der Waals surface area (Å²) < 4.78 is 5.34. The molecule has 104 valence electrons. The molecule has 1 amide bonds. The molecule has 0 bridgehead atoms. The zero-order chi connectivity index (χ0) is 13.0. The SMILES string of the molecule is C[C@@H](C(=O)N(C)C1CCCCC1)N1CCOCC1. The van der Waals surface area contributed by atoms with E-state index in [1.165, 1.54) is 32.1 Å². The fourth-order valence-electron chi connectivity index (χ4n) is 3.06. The maximum Gasteiger partial charge on any atom is 0.239 e. The molecule has 0 aromatic carbocycles. The predicted molar refractivity (Wildman–Crippen MR) is 71.5 cm³/mol. The number of carbonyl (C=O) groups excluding carboxylic acids is 1. The van der Waals surface area contributed by atoms with Crippen LogP contribution in [0.15, 0.2) is 0 Å². The van der Waals surface area contributed by atoms with Gasteiger partial charge in [0, 0.05) is 26.2 Å². The summed E-state index contributed by atoms with van der Waals surface area (Å²) in [4.78, 5) is 16.7. The third-order valence-corrected chi connectivity index (χ3v) is 4.42. The Balaban J connectivity index is 1.87. The number of hydrogen-bond acceptors (Lipinski definition) is 3. The summed E-state index contributed by atoms with van der Waals surface area (Å²) in [7, 11) is 1.98. The molecule has 18 heavy (non-hydrogen) atoms. The van der Waals surface area contributed by atoms with Crippen molar-refractivity contribution in [2.75, 3.05) is 33.4 Å². The van der Waals surface area contributed by atoms with E-state index < -0.39 is 0 Å². The van der Waals surface area contributed by atoms with E-state index in [1.54, 1.807) is 0 Å². The average Bonchev–Trinajstić information content (AvgIpc) is 2.47. The molecule has 1 aliphatic heterocycles. The summed E-state index contributed by atoms with van der Waals surface area (Å²) in [6.45, 7) is 5.30. The van der Waals surface area contributed by atoms with E-state index in [0.717, 1.165) is 26.3 Å². The van der Waals surface area contributed by atoms with Crippen molar-refractivity contribution >= 4 is 5.91 Å². The van der Waals surface area contributed by atoms with Gasteiger partial charge < -0.3 is 9.64 Å². The largest absolute Gasteiger partial charge is 0.379 e. The van der Waals surface area contributed by atoms with Crippen LogP contribution in [0.5, 0.6) is 0 Å². The fourth-order valence-corrected chi connectivity index (χ4v) is 3.06. The first-order valence-corrected chi connectivity index (χ1v) is 7.28. The van der Waals surface area contributed by atoms with E-state index >= 15 is 0 Å². The minimum absolute atomic E-state index is 0.000765. The van der Waals surface area contributed by atoms with Gasteiger partial charge in [-0.05, 0) is 19.8 Å². The minimum Gasteiger partial charge on any atom is -0.379 e. The van der Waals surface area contributed by atoms with Gasteiger partial charge in [-0.15, -0.1) is 0 Å². The van der Waals surface area contributed by atoms with Crippen LogP contribution in [-0.4, -0.2) is 61.1 Å². The zero-order valence-electron chi connectivity index (χ0n) is 11.7. The zero-order valence-corrected chi connectivity index (χ0v) is 11.7. The van der Waals surface area contributed by atoms with Crippen LogP contribution in [0.3, 0.4) is 0 Å². The Kier molecular flexibility index (Phi) is 5.01. The number of likely N-dealkylation sites (N-methyl/N-ethyl adjacent to an activating group) is 1. The van der Waals surface area contributed by atoms with Crippen LogP contribution in [0.2, 0.25) is 0 Å². The number of rotatable bonds is 3. The predicted octanol–water partition coefficient (Wildman–Crippen LogP) is 1.50. The van der Waals surface area contributed by atoms with Crippen LogP contribution in [0.1, 0.15) is 39.0 Å². The molecule has 2 aliphatic rings. The number of morpholine rings is 1. The summed E-state index contributed by atoms with van der Waals surface area (Å²) in [5.74, 6) is 0.281. The molecule has 4 nitrogen and oxygen atoms in total. The summed E-state index contributed by atoms with van der Waals surface area (Å²) in [6.07, 6.45) is 6.23. The van der Waals surface area contributed by atoms with E-state index in [0.29, 0.717) is 6.04 Å². The second-order valence-electron chi connectivity index (χ2n) is 5.57. The second kappa shape index (κ2) is 6.53. The quantitative estimate of drug-likeness (QED) is 0.765. The molecule has 2 fully saturated rings. The highest BCUT2D eigenvalue weighted by atomic mass is 16.5. The summed E-state index contributed by atoms with van der Waals surface area (Å²) in [6, 6.07) is 0.468. The topological polar surface area (TPSA) is 32.8 Å². The van der Waals surface area contributed by atoms with Gasteiger partial charge in [0.2, 0.25) is 5.91 Å². The van der Waals surface area contributed by atoms with Crippen molar-refractivity contribution in [2.24, 2.45) is 0 Å². The minimum atomic E-state index is 0.000765. The van der Waals surface area contributed by atoms with Crippen LogP contribution >= 0.6 is 0 Å². The molecule has 2 rings (SSSR count). The molecule has 0 radical (unpaired) electrons. The lowest BCUT2D eigenvalue weighted by molar-refractivity contribution is -0.139. The summed E-state index contributed by atoms with van der Waals surface area (Å²) in [5, 5.41) is 0. The first-order valence-electron chi connectivity index (χ1n) is 7.28. The Hall–Kier alpha value is -0.610. The number of amides is 1. The van der Waals surface area contributed by atoms with Gasteiger partial charge in [0.1, 0.15) is 0 Å². The Morgan fingerprint density at radius 1 is 1.22 bits per heavy atom. The van der Waals surface area contributed by atoms with E-state index in [9.17, 15) is 4.79 Å². The van der Waals surface area contributed by atoms with Crippen molar-refractivity contribution in [3.05, 3.63) is 0 Å². The lowest BCUT2D eigenvalue weighted by atomic mass is 9.94. The molecule has 1 atom stereocenters. The Labute approximate surface area is 110 Å². The van der Waals surface area contributed by atoms with Crippen molar-refractivity contribution in [1.82, 2.24) is 9.80 Å². The van der Waals surface area contributed by atoms with Crippen molar-refractivity contribution in [3.8, 4) is 0 Å². The average molecular weight is 254 g/mol. The Morgan fingerprint density at radius 2 is 1.83 bits per heavy atom. The highest BCUT2D eigenvalue weighted by Gasteiger charge is 2.29. The first-order chi connectivity index (χ1) is 8.70. The molecule has 1 saturated heterocycles. The smallest absolute Gasteiger partial charge is 0.239 e. The van der Waals surface area contributed by atoms with Crippen molar-refractivity contribution in [2.45, 2.75) is 51.1 Å². The van der Waals surface area contributed by atoms with Crippen molar-refractivity contribution in [3.63, 3.8) is 0 Å². The molecule has 0 spiro atoms. The van der Waals surface area contributed by atoms with Crippen molar-refractivity contribution in [1.29, 1.82) is 0 Å². The number of ether oxygens (including phenoxy) is 1. The van der Waals surface area contributed by atoms with Crippen LogP contribution in [0, 0.1) is 0 Å². The lowest BCUT2D eigenvalue weighted by Gasteiger charge is -2.37. The molecule has 4 heteroatoms. The number of hydrogen-bond donors (Lipinski definition) is 0. The maximum atomic E-state index is 12.5. The van der Waals surface area contributed by atoms with E-state index in [2.05, 4.69) is 4.90 Å². The van der Waals surface area contributed by atoms with Crippen LogP contribution < -0.4 is 0 Å². The molecule has 1 saturated carbocycles. The lowest BCUT2D eigenvalue weighted by Crippen LogP contribution is -2.52. The highest BCUT2D eigenvalue weighted by molar-refractivity contribution is 5.81. The van der Waals surface area contributed by atoms with Gasteiger partial charge in [0.05, 0.1) is 19.3 Å². The molecular formula is C14H26N2O2. The Bertz CT molecular complexity index is 245. The molecule has 0 unspecified atom stereocenters. The van der Waals surface area contributed by atoms with Gasteiger partial charge in [-0.25, -0.2) is 0 Å². The number of nitrogens with zero attached hydrogens (tertiary/aromatic N) is 2. The standard InChI is InChI=1S/C14H26N2O2/c1-12(16-8-10-18-11-9-16)14(17)15(2)13-6-4-3-5-7-13/h12-13H,3-11H2,1-2H3/t12-/m0/s1. The monoisotopic (exact) mass is 254 g/mol. The van der Waals surface area contributed by atoms with Gasteiger partial charge in [0.15, 0.2) is 0 Å². The van der Waals surface area contributed by atoms with Crippen LogP contribution in [0.25, 0.3) is 0 Å². The van der Waals surface area contributed by atoms with Gasteiger partial charge in [-0.1, -0.05) is 19.3 Å². The molecule has 0 N–H and O–H groups in total. The normalized spacial score (nSPS) is 24.8. The molecule has 1 aliphatic carbocycles. The first kappa shape index (κ1) is 13.8.